The Hall–Kier alpha value is -2.69. The van der Waals surface area contributed by atoms with Gasteiger partial charge in [0.05, 0.1) is 23.6 Å². The summed E-state index contributed by atoms with van der Waals surface area (Å²) < 4.78 is 14.6. The first kappa shape index (κ1) is 22.5. The third kappa shape index (κ3) is 4.43. The molecule has 0 aliphatic heterocycles. The van der Waals surface area contributed by atoms with Crippen LogP contribution in [-0.2, 0) is 0 Å². The number of amides is 1. The lowest BCUT2D eigenvalue weighted by molar-refractivity contribution is 0.0851. The summed E-state index contributed by atoms with van der Waals surface area (Å²) in [5.41, 5.74) is 2.08. The average Bonchev–Trinajstić information content (AvgIpc) is 3.16. The van der Waals surface area contributed by atoms with Gasteiger partial charge in [-0.15, -0.1) is 3.89 Å². The number of rotatable bonds is 6. The molecule has 1 amide bonds. The predicted molar refractivity (Wildman–Crippen MR) is 124 cm³/mol. The Morgan fingerprint density at radius 3 is 2.91 bits per heavy atom. The summed E-state index contributed by atoms with van der Waals surface area (Å²) >= 11 is 5.97. The summed E-state index contributed by atoms with van der Waals surface area (Å²) in [7, 11) is 1.72. The van der Waals surface area contributed by atoms with Gasteiger partial charge in [-0.3, -0.25) is 10.2 Å². The molecule has 0 radical (unpaired) electrons. The van der Waals surface area contributed by atoms with Crippen LogP contribution in [0.3, 0.4) is 0 Å². The lowest BCUT2D eigenvalue weighted by Gasteiger charge is -2.26. The van der Waals surface area contributed by atoms with Crippen LogP contribution in [0.15, 0.2) is 30.6 Å². The highest BCUT2D eigenvalue weighted by Gasteiger charge is 2.25. The summed E-state index contributed by atoms with van der Waals surface area (Å²) in [5.74, 6) is -0.415. The summed E-state index contributed by atoms with van der Waals surface area (Å²) in [6.45, 7) is 0. The molecule has 32 heavy (non-hydrogen) atoms. The number of fused-ring (bicyclic) bond motifs is 1. The second-order valence-electron chi connectivity index (χ2n) is 7.67. The first-order valence-electron chi connectivity index (χ1n) is 10.1. The van der Waals surface area contributed by atoms with Crippen LogP contribution in [0.1, 0.15) is 47.3 Å². The van der Waals surface area contributed by atoms with Crippen LogP contribution in [-0.4, -0.2) is 49.9 Å². The highest BCUT2D eigenvalue weighted by Crippen LogP contribution is 2.27. The summed E-state index contributed by atoms with van der Waals surface area (Å²) in [6.07, 6.45) is 5.08. The van der Waals surface area contributed by atoms with Gasteiger partial charge in [0, 0.05) is 35.6 Å². The van der Waals surface area contributed by atoms with Crippen molar-refractivity contribution in [2.45, 2.75) is 37.8 Å². The smallest absolute Gasteiger partial charge is 0.255 e. The number of nitrogens with zero attached hydrogens (tertiary/aromatic N) is 3. The Morgan fingerprint density at radius 1 is 1.38 bits per heavy atom. The molecule has 2 aromatic heterocycles. The fraction of sp³-hybridized carbons (Fsp3) is 0.333. The first-order valence-corrected chi connectivity index (χ1v) is 11.2. The molecule has 11 heteroatoms. The molecule has 168 valence electrons. The minimum absolute atomic E-state index is 0.0829. The molecular weight excluding hydrogens is 455 g/mol. The first-order chi connectivity index (χ1) is 15.4. The van der Waals surface area contributed by atoms with Crippen LogP contribution >= 0.6 is 23.9 Å². The van der Waals surface area contributed by atoms with Crippen LogP contribution in [0, 0.1) is 5.41 Å². The van der Waals surface area contributed by atoms with Crippen molar-refractivity contribution in [1.82, 2.24) is 19.3 Å². The topological polar surface area (TPSA) is 116 Å². The number of aliphatic hydroxyl groups is 1. The van der Waals surface area contributed by atoms with Gasteiger partial charge in [-0.25, -0.2) is 13.9 Å². The van der Waals surface area contributed by atoms with Crippen LogP contribution in [0.2, 0.25) is 5.02 Å². The van der Waals surface area contributed by atoms with Gasteiger partial charge in [-0.05, 0) is 43.9 Å². The van der Waals surface area contributed by atoms with Gasteiger partial charge in [0.15, 0.2) is 18.0 Å². The van der Waals surface area contributed by atoms with Crippen molar-refractivity contribution in [3.63, 3.8) is 0 Å². The van der Waals surface area contributed by atoms with E-state index in [-0.39, 0.29) is 46.5 Å². The second kappa shape index (κ2) is 9.43. The highest BCUT2D eigenvalue weighted by atomic mass is 35.5. The number of carbonyl (C=O) groups excluding carboxylic acids is 1. The van der Waals surface area contributed by atoms with Gasteiger partial charge in [0.1, 0.15) is 11.2 Å². The molecular formula is C21H22ClFN6O2S. The maximum Gasteiger partial charge on any atom is 0.255 e. The van der Waals surface area contributed by atoms with Crippen LogP contribution < -0.4 is 10.6 Å². The van der Waals surface area contributed by atoms with E-state index in [1.807, 2.05) is 0 Å². The Kier molecular flexibility index (Phi) is 6.63. The van der Waals surface area contributed by atoms with Crippen LogP contribution in [0.4, 0.5) is 9.57 Å². The summed E-state index contributed by atoms with van der Waals surface area (Å²) in [4.78, 5) is 21.7. The average molecular weight is 477 g/mol. The predicted octanol–water partition coefficient (Wildman–Crippen LogP) is 3.96. The molecule has 2 atom stereocenters. The second-order valence-corrected chi connectivity index (χ2v) is 8.64. The van der Waals surface area contributed by atoms with E-state index in [4.69, 9.17) is 17.0 Å². The molecule has 3 aromatic rings. The molecule has 1 saturated carbocycles. The molecule has 2 heterocycles. The SMILES string of the molecule is CNc1cc(Cl)ccc1C(=N)c1cnc2c(n1)c(C(=O)NC1CCCC(O)C1)cn2SF. The fourth-order valence-corrected chi connectivity index (χ4v) is 4.46. The molecule has 0 bridgehead atoms. The largest absolute Gasteiger partial charge is 0.393 e. The number of halogens is 2. The van der Waals surface area contributed by atoms with Crippen molar-refractivity contribution in [2.75, 3.05) is 12.4 Å². The Bertz CT molecular complexity index is 1190. The van der Waals surface area contributed by atoms with E-state index in [2.05, 4.69) is 20.6 Å². The lowest BCUT2D eigenvalue weighted by Crippen LogP contribution is -2.39. The number of aromatic nitrogens is 3. The number of carbonyl (C=O) groups is 1. The van der Waals surface area contributed by atoms with E-state index in [9.17, 15) is 13.8 Å². The minimum Gasteiger partial charge on any atom is -0.393 e. The van der Waals surface area contributed by atoms with Crippen molar-refractivity contribution < 1.29 is 13.8 Å². The number of aliphatic hydroxyl groups excluding tert-OH is 1. The third-order valence-corrected chi connectivity index (χ3v) is 6.20. The molecule has 0 saturated heterocycles. The Morgan fingerprint density at radius 2 is 2.19 bits per heavy atom. The molecule has 1 aliphatic rings. The quantitative estimate of drug-likeness (QED) is 0.400. The van der Waals surface area contributed by atoms with Gasteiger partial charge >= 0.3 is 0 Å². The number of hydrogen-bond acceptors (Lipinski definition) is 7. The Labute approximate surface area is 193 Å². The van der Waals surface area contributed by atoms with Crippen LogP contribution in [0.5, 0.6) is 0 Å². The molecule has 4 rings (SSSR count). The minimum atomic E-state index is -0.440. The third-order valence-electron chi connectivity index (χ3n) is 5.54. The van der Waals surface area contributed by atoms with E-state index < -0.39 is 12.0 Å². The van der Waals surface area contributed by atoms with Crippen molar-refractivity contribution in [1.29, 1.82) is 5.41 Å². The zero-order valence-corrected chi connectivity index (χ0v) is 18.8. The molecule has 2 unspecified atom stereocenters. The van der Waals surface area contributed by atoms with E-state index >= 15 is 0 Å². The summed E-state index contributed by atoms with van der Waals surface area (Å²) in [5, 5.41) is 24.9. The van der Waals surface area contributed by atoms with Gasteiger partial charge < -0.3 is 15.7 Å². The molecule has 1 aromatic carbocycles. The highest BCUT2D eigenvalue weighted by molar-refractivity contribution is 7.92. The monoisotopic (exact) mass is 476 g/mol. The number of nitrogens with one attached hydrogen (secondary N) is 3. The van der Waals surface area contributed by atoms with Crippen molar-refractivity contribution in [2.24, 2.45) is 0 Å². The number of benzene rings is 1. The molecule has 1 fully saturated rings. The zero-order valence-electron chi connectivity index (χ0n) is 17.2. The van der Waals surface area contributed by atoms with Gasteiger partial charge in [-0.2, -0.15) is 0 Å². The summed E-state index contributed by atoms with van der Waals surface area (Å²) in [6, 6.07) is 4.91. The van der Waals surface area contributed by atoms with E-state index in [0.717, 1.165) is 23.2 Å². The van der Waals surface area contributed by atoms with E-state index in [1.54, 1.807) is 25.2 Å². The lowest BCUT2D eigenvalue weighted by atomic mass is 9.93. The van der Waals surface area contributed by atoms with Gasteiger partial charge in [-0.1, -0.05) is 11.6 Å². The Balaban J connectivity index is 1.70. The maximum absolute atomic E-state index is 13.5. The van der Waals surface area contributed by atoms with Crippen LogP contribution in [0.25, 0.3) is 11.2 Å². The molecule has 8 nitrogen and oxygen atoms in total. The fourth-order valence-electron chi connectivity index (χ4n) is 3.94. The molecule has 1 aliphatic carbocycles. The van der Waals surface area contributed by atoms with Gasteiger partial charge in [0.25, 0.3) is 5.91 Å². The maximum atomic E-state index is 13.5. The normalized spacial score (nSPS) is 18.5. The van der Waals surface area contributed by atoms with Crippen molar-refractivity contribution in [3.8, 4) is 0 Å². The van der Waals surface area contributed by atoms with Gasteiger partial charge in [0.2, 0.25) is 0 Å². The number of anilines is 1. The van der Waals surface area contributed by atoms with Crippen molar-refractivity contribution in [3.05, 3.63) is 52.4 Å². The van der Waals surface area contributed by atoms with E-state index in [1.165, 1.54) is 12.4 Å². The van der Waals surface area contributed by atoms with Crippen molar-refractivity contribution >= 4 is 52.4 Å². The number of hydrogen-bond donors (Lipinski definition) is 4. The van der Waals surface area contributed by atoms with E-state index in [0.29, 0.717) is 22.7 Å². The standard InChI is InChI=1S/C21H22ClFN6O2S/c1-25-16-7-11(22)5-6-14(16)18(24)17-9-26-20-19(28-17)15(10-29(20)32-23)21(31)27-12-3-2-4-13(30)8-12/h5-7,9-10,12-13,24-25,30H,2-4,8H2,1H3,(H,27,31). The molecule has 0 spiro atoms. The molecule has 4 N–H and O–H groups in total. The zero-order chi connectivity index (χ0) is 22.8.